The van der Waals surface area contributed by atoms with Crippen LogP contribution in [0.1, 0.15) is 6.92 Å². The lowest BCUT2D eigenvalue weighted by Gasteiger charge is -2.15. The molecule has 0 saturated heterocycles. The molecule has 114 valence electrons. The molecule has 0 aromatic heterocycles. The van der Waals surface area contributed by atoms with E-state index in [1.807, 2.05) is 25.1 Å². The SMILES string of the molecule is CCOCCOCC(O)CNc1cc(OC)ccc1Br. The molecule has 1 aromatic rings. The maximum absolute atomic E-state index is 9.81. The van der Waals surface area contributed by atoms with E-state index in [-0.39, 0.29) is 6.61 Å². The largest absolute Gasteiger partial charge is 0.497 e. The Morgan fingerprint density at radius 2 is 2.05 bits per heavy atom. The van der Waals surface area contributed by atoms with Gasteiger partial charge >= 0.3 is 0 Å². The van der Waals surface area contributed by atoms with E-state index in [1.165, 1.54) is 0 Å². The van der Waals surface area contributed by atoms with Crippen molar-refractivity contribution in [3.63, 3.8) is 0 Å². The molecule has 1 atom stereocenters. The van der Waals surface area contributed by atoms with Crippen molar-refractivity contribution in [2.24, 2.45) is 0 Å². The molecule has 0 heterocycles. The van der Waals surface area contributed by atoms with Crippen molar-refractivity contribution in [3.05, 3.63) is 22.7 Å². The molecule has 0 aliphatic heterocycles. The first-order valence-corrected chi connectivity index (χ1v) is 7.37. The summed E-state index contributed by atoms with van der Waals surface area (Å²) in [6.45, 7) is 4.34. The smallest absolute Gasteiger partial charge is 0.121 e. The summed E-state index contributed by atoms with van der Waals surface area (Å²) in [7, 11) is 1.62. The van der Waals surface area contributed by atoms with Crippen LogP contribution in [0.3, 0.4) is 0 Å². The van der Waals surface area contributed by atoms with Crippen LogP contribution in [0.25, 0.3) is 0 Å². The lowest BCUT2D eigenvalue weighted by atomic mass is 10.3. The highest BCUT2D eigenvalue weighted by atomic mass is 79.9. The van der Waals surface area contributed by atoms with Gasteiger partial charge in [0.15, 0.2) is 0 Å². The predicted molar refractivity (Wildman–Crippen MR) is 82.5 cm³/mol. The van der Waals surface area contributed by atoms with E-state index in [0.717, 1.165) is 15.9 Å². The summed E-state index contributed by atoms with van der Waals surface area (Å²) in [5, 5.41) is 13.0. The summed E-state index contributed by atoms with van der Waals surface area (Å²) in [5.74, 6) is 0.762. The average Bonchev–Trinajstić information content (AvgIpc) is 2.46. The third kappa shape index (κ3) is 6.56. The lowest BCUT2D eigenvalue weighted by molar-refractivity contribution is 0.0103. The number of methoxy groups -OCH3 is 1. The molecule has 0 radical (unpaired) electrons. The Balaban J connectivity index is 2.28. The first kappa shape index (κ1) is 17.2. The van der Waals surface area contributed by atoms with Crippen LogP contribution in [0.2, 0.25) is 0 Å². The second-order valence-corrected chi connectivity index (χ2v) is 5.01. The van der Waals surface area contributed by atoms with Crippen LogP contribution < -0.4 is 10.1 Å². The highest BCUT2D eigenvalue weighted by Crippen LogP contribution is 2.26. The van der Waals surface area contributed by atoms with Crippen molar-refractivity contribution < 1.29 is 19.3 Å². The lowest BCUT2D eigenvalue weighted by Crippen LogP contribution is -2.25. The van der Waals surface area contributed by atoms with E-state index in [9.17, 15) is 5.11 Å². The van der Waals surface area contributed by atoms with Gasteiger partial charge in [0, 0.05) is 23.7 Å². The van der Waals surface area contributed by atoms with Gasteiger partial charge in [-0.3, -0.25) is 0 Å². The zero-order chi connectivity index (χ0) is 14.8. The van der Waals surface area contributed by atoms with Crippen LogP contribution in [-0.4, -0.2) is 51.3 Å². The van der Waals surface area contributed by atoms with Crippen LogP contribution in [0.4, 0.5) is 5.69 Å². The monoisotopic (exact) mass is 347 g/mol. The average molecular weight is 348 g/mol. The Labute approximate surface area is 128 Å². The number of aliphatic hydroxyl groups excluding tert-OH is 1. The molecule has 0 aliphatic rings. The van der Waals surface area contributed by atoms with Crippen molar-refractivity contribution in [1.82, 2.24) is 0 Å². The fourth-order valence-corrected chi connectivity index (χ4v) is 1.92. The van der Waals surface area contributed by atoms with Gasteiger partial charge in [0.2, 0.25) is 0 Å². The van der Waals surface area contributed by atoms with Crippen molar-refractivity contribution in [1.29, 1.82) is 0 Å². The fourth-order valence-electron chi connectivity index (χ4n) is 1.54. The number of hydrogen-bond acceptors (Lipinski definition) is 5. The number of anilines is 1. The van der Waals surface area contributed by atoms with Crippen LogP contribution >= 0.6 is 15.9 Å². The number of nitrogens with one attached hydrogen (secondary N) is 1. The Kier molecular flexibility index (Phi) is 8.60. The number of halogens is 1. The van der Waals surface area contributed by atoms with Gasteiger partial charge in [-0.05, 0) is 35.0 Å². The summed E-state index contributed by atoms with van der Waals surface area (Å²) in [6, 6.07) is 5.63. The third-order valence-corrected chi connectivity index (χ3v) is 3.28. The molecule has 1 unspecified atom stereocenters. The van der Waals surface area contributed by atoms with Gasteiger partial charge < -0.3 is 24.6 Å². The maximum Gasteiger partial charge on any atom is 0.121 e. The molecule has 0 spiro atoms. The minimum absolute atomic E-state index is 0.279. The van der Waals surface area contributed by atoms with Crippen LogP contribution in [-0.2, 0) is 9.47 Å². The van der Waals surface area contributed by atoms with E-state index in [0.29, 0.717) is 26.4 Å². The fraction of sp³-hybridized carbons (Fsp3) is 0.571. The van der Waals surface area contributed by atoms with Gasteiger partial charge in [-0.2, -0.15) is 0 Å². The van der Waals surface area contributed by atoms with Gasteiger partial charge in [0.1, 0.15) is 5.75 Å². The number of benzene rings is 1. The van der Waals surface area contributed by atoms with Gasteiger partial charge in [0.05, 0.1) is 38.7 Å². The third-order valence-electron chi connectivity index (χ3n) is 2.59. The molecule has 1 rings (SSSR count). The molecule has 1 aromatic carbocycles. The normalized spacial score (nSPS) is 12.2. The standard InChI is InChI=1S/C14H22BrNO4/c1-3-19-6-7-20-10-11(17)9-16-14-8-12(18-2)4-5-13(14)15/h4-5,8,11,16-17H,3,6-7,9-10H2,1-2H3. The number of rotatable bonds is 10. The molecular formula is C14H22BrNO4. The van der Waals surface area contributed by atoms with E-state index in [4.69, 9.17) is 14.2 Å². The van der Waals surface area contributed by atoms with Crippen LogP contribution in [0.15, 0.2) is 22.7 Å². The molecule has 0 bridgehead atoms. The van der Waals surface area contributed by atoms with Crippen molar-refractivity contribution in [3.8, 4) is 5.75 Å². The zero-order valence-electron chi connectivity index (χ0n) is 11.9. The summed E-state index contributed by atoms with van der Waals surface area (Å²) in [4.78, 5) is 0. The molecule has 0 saturated carbocycles. The van der Waals surface area contributed by atoms with E-state index in [1.54, 1.807) is 7.11 Å². The van der Waals surface area contributed by atoms with Crippen molar-refractivity contribution in [2.45, 2.75) is 13.0 Å². The van der Waals surface area contributed by atoms with Crippen LogP contribution in [0.5, 0.6) is 5.75 Å². The van der Waals surface area contributed by atoms with Gasteiger partial charge in [-0.25, -0.2) is 0 Å². The minimum Gasteiger partial charge on any atom is -0.497 e. The predicted octanol–water partition coefficient (Wildman–Crippen LogP) is 2.28. The molecule has 6 heteroatoms. The Morgan fingerprint density at radius 1 is 1.30 bits per heavy atom. The minimum atomic E-state index is -0.574. The van der Waals surface area contributed by atoms with Gasteiger partial charge in [-0.1, -0.05) is 0 Å². The topological polar surface area (TPSA) is 60.0 Å². The second-order valence-electron chi connectivity index (χ2n) is 4.15. The molecule has 0 amide bonds. The first-order chi connectivity index (χ1) is 9.67. The Morgan fingerprint density at radius 3 is 2.75 bits per heavy atom. The van der Waals surface area contributed by atoms with Crippen molar-refractivity contribution >= 4 is 21.6 Å². The Bertz CT molecular complexity index is 389. The quantitative estimate of drug-likeness (QED) is 0.636. The second kappa shape index (κ2) is 9.99. The van der Waals surface area contributed by atoms with Gasteiger partial charge in [0.25, 0.3) is 0 Å². The molecular weight excluding hydrogens is 326 g/mol. The molecule has 5 nitrogen and oxygen atoms in total. The number of hydrogen-bond donors (Lipinski definition) is 2. The molecule has 20 heavy (non-hydrogen) atoms. The van der Waals surface area contributed by atoms with Gasteiger partial charge in [-0.15, -0.1) is 0 Å². The summed E-state index contributed by atoms with van der Waals surface area (Å²) in [5.41, 5.74) is 0.873. The number of aliphatic hydroxyl groups is 1. The number of ether oxygens (including phenoxy) is 3. The molecule has 0 fully saturated rings. The summed E-state index contributed by atoms with van der Waals surface area (Å²) < 4.78 is 16.5. The Hall–Kier alpha value is -0.820. The molecule has 2 N–H and O–H groups in total. The van der Waals surface area contributed by atoms with Crippen LogP contribution in [0, 0.1) is 0 Å². The highest BCUT2D eigenvalue weighted by molar-refractivity contribution is 9.10. The molecule has 0 aliphatic carbocycles. The van der Waals surface area contributed by atoms with E-state index in [2.05, 4.69) is 21.2 Å². The summed E-state index contributed by atoms with van der Waals surface area (Å²) >= 11 is 3.44. The zero-order valence-corrected chi connectivity index (χ0v) is 13.5. The van der Waals surface area contributed by atoms with E-state index < -0.39 is 6.10 Å². The van der Waals surface area contributed by atoms with E-state index >= 15 is 0 Å². The maximum atomic E-state index is 9.81. The first-order valence-electron chi connectivity index (χ1n) is 6.58. The van der Waals surface area contributed by atoms with Crippen molar-refractivity contribution in [2.75, 3.05) is 45.4 Å². The summed E-state index contributed by atoms with van der Waals surface area (Å²) in [6.07, 6.45) is -0.574. The highest BCUT2D eigenvalue weighted by Gasteiger charge is 2.07.